The van der Waals surface area contributed by atoms with Gasteiger partial charge < -0.3 is 23.7 Å². The summed E-state index contributed by atoms with van der Waals surface area (Å²) in [6.45, 7) is 6.39. The van der Waals surface area contributed by atoms with Crippen molar-refractivity contribution >= 4 is 49.8 Å². The number of benzene rings is 2. The summed E-state index contributed by atoms with van der Waals surface area (Å²) < 4.78 is 19.7. The first-order valence-corrected chi connectivity index (χ1v) is 15.6. The maximum atomic E-state index is 13.9. The van der Waals surface area contributed by atoms with Crippen LogP contribution >= 0.6 is 11.3 Å². The second kappa shape index (κ2) is 12.2. The van der Waals surface area contributed by atoms with Crippen LogP contribution in [-0.2, 0) is 9.59 Å². The van der Waals surface area contributed by atoms with Gasteiger partial charge in [0.2, 0.25) is 0 Å². The topological polar surface area (TPSA) is 115 Å². The molecule has 45 heavy (non-hydrogen) atoms. The average molecular weight is 627 g/mol. The molecule has 1 saturated heterocycles. The van der Waals surface area contributed by atoms with Crippen LogP contribution in [0.3, 0.4) is 0 Å². The summed E-state index contributed by atoms with van der Waals surface area (Å²) in [7, 11) is 3.12. The monoisotopic (exact) mass is 626 g/mol. The average Bonchev–Trinajstić information content (AvgIpc) is 3.70. The first-order chi connectivity index (χ1) is 21.8. The van der Waals surface area contributed by atoms with Crippen molar-refractivity contribution in [1.29, 1.82) is 0 Å². The van der Waals surface area contributed by atoms with E-state index < -0.39 is 17.7 Å². The Morgan fingerprint density at radius 1 is 1.00 bits per heavy atom. The van der Waals surface area contributed by atoms with E-state index in [2.05, 4.69) is 6.92 Å². The molecule has 0 saturated carbocycles. The van der Waals surface area contributed by atoms with Crippen LogP contribution in [0, 0.1) is 13.8 Å². The number of carbonyl (C=O) groups excluding carboxylic acids is 2. The van der Waals surface area contributed by atoms with Gasteiger partial charge in [-0.3, -0.25) is 14.5 Å². The van der Waals surface area contributed by atoms with Gasteiger partial charge in [0, 0.05) is 6.20 Å². The summed E-state index contributed by atoms with van der Waals surface area (Å²) >= 11 is 1.26. The van der Waals surface area contributed by atoms with Crippen molar-refractivity contribution in [2.24, 2.45) is 0 Å². The number of Topliss-reactive ketones (excluding diaryl/α,β-unsaturated/α-hetero) is 1. The Hall–Kier alpha value is -4.90. The maximum Gasteiger partial charge on any atom is 0.301 e. The molecule has 232 valence electrons. The van der Waals surface area contributed by atoms with Crippen LogP contribution in [0.15, 0.2) is 60.3 Å². The highest BCUT2D eigenvalue weighted by Gasteiger charge is 2.49. The molecule has 10 nitrogen and oxygen atoms in total. The molecule has 5 aromatic rings. The van der Waals surface area contributed by atoms with Crippen LogP contribution < -0.4 is 19.1 Å². The summed E-state index contributed by atoms with van der Waals surface area (Å²) in [5.74, 6) is -0.349. The number of unbranched alkanes of at least 4 members (excludes halogenated alkanes) is 2. The fraction of sp³-hybridized carbons (Fsp3) is 0.294. The number of imidazole rings is 1. The molecule has 1 amide bonds. The number of fused-ring (bicyclic) bond motifs is 2. The molecule has 6 rings (SSSR count). The van der Waals surface area contributed by atoms with Crippen molar-refractivity contribution in [2.75, 3.05) is 25.7 Å². The number of nitrogens with zero attached hydrogens (tertiary/aromatic N) is 4. The van der Waals surface area contributed by atoms with Gasteiger partial charge in [-0.2, -0.15) is 0 Å². The summed E-state index contributed by atoms with van der Waals surface area (Å²) in [4.78, 5) is 38.5. The Labute approximate surface area is 264 Å². The van der Waals surface area contributed by atoms with E-state index in [1.165, 1.54) is 23.3 Å². The Morgan fingerprint density at radius 2 is 1.82 bits per heavy atom. The normalized spacial score (nSPS) is 16.2. The second-order valence-electron chi connectivity index (χ2n) is 10.9. The van der Waals surface area contributed by atoms with Gasteiger partial charge in [0.25, 0.3) is 5.78 Å². The largest absolute Gasteiger partial charge is 0.505 e. The van der Waals surface area contributed by atoms with E-state index in [1.807, 2.05) is 42.6 Å². The lowest BCUT2D eigenvalue weighted by atomic mass is 9.96. The molecule has 1 atom stereocenters. The summed E-state index contributed by atoms with van der Waals surface area (Å²) in [5, 5.41) is 12.2. The Balaban J connectivity index is 1.53. The minimum absolute atomic E-state index is 0.0836. The first-order valence-electron chi connectivity index (χ1n) is 14.8. The van der Waals surface area contributed by atoms with Gasteiger partial charge in [-0.1, -0.05) is 43.2 Å². The van der Waals surface area contributed by atoms with E-state index >= 15 is 0 Å². The van der Waals surface area contributed by atoms with Gasteiger partial charge in [-0.05, 0) is 67.8 Å². The van der Waals surface area contributed by atoms with E-state index in [4.69, 9.17) is 24.2 Å². The number of ketones is 1. The molecule has 1 aliphatic heterocycles. The number of pyridine rings is 1. The molecular weight excluding hydrogens is 592 g/mol. The number of thiazole rings is 1. The summed E-state index contributed by atoms with van der Waals surface area (Å²) in [5.41, 5.74) is 3.52. The van der Waals surface area contributed by atoms with Crippen molar-refractivity contribution < 1.29 is 28.9 Å². The molecule has 4 heterocycles. The number of aromatic nitrogens is 3. The molecule has 0 spiro atoms. The Morgan fingerprint density at radius 3 is 2.56 bits per heavy atom. The molecule has 11 heteroatoms. The highest BCUT2D eigenvalue weighted by molar-refractivity contribution is 7.22. The third-order valence-corrected chi connectivity index (χ3v) is 9.07. The number of aliphatic hydroxyl groups excluding tert-OH is 1. The van der Waals surface area contributed by atoms with Crippen molar-refractivity contribution in [3.8, 4) is 17.2 Å². The maximum absolute atomic E-state index is 13.9. The Bertz CT molecular complexity index is 1980. The van der Waals surface area contributed by atoms with Crippen molar-refractivity contribution in [3.63, 3.8) is 0 Å². The third kappa shape index (κ3) is 5.27. The number of methoxy groups -OCH3 is 2. The quantitative estimate of drug-likeness (QED) is 0.0782. The number of carbonyl (C=O) groups is 2. The highest BCUT2D eigenvalue weighted by Crippen LogP contribution is 2.46. The van der Waals surface area contributed by atoms with E-state index in [0.717, 1.165) is 29.5 Å². The van der Waals surface area contributed by atoms with Gasteiger partial charge in [-0.15, -0.1) is 0 Å². The first kappa shape index (κ1) is 30.1. The van der Waals surface area contributed by atoms with Gasteiger partial charge >= 0.3 is 5.91 Å². The molecule has 0 radical (unpaired) electrons. The van der Waals surface area contributed by atoms with E-state index in [0.29, 0.717) is 51.4 Å². The summed E-state index contributed by atoms with van der Waals surface area (Å²) in [6, 6.07) is 13.5. The zero-order chi connectivity index (χ0) is 31.8. The van der Waals surface area contributed by atoms with E-state index in [-0.39, 0.29) is 17.0 Å². The van der Waals surface area contributed by atoms with E-state index in [9.17, 15) is 14.7 Å². The van der Waals surface area contributed by atoms with Crippen LogP contribution in [0.1, 0.15) is 54.7 Å². The predicted octanol–water partition coefficient (Wildman–Crippen LogP) is 6.77. The lowest BCUT2D eigenvalue weighted by Gasteiger charge is -2.23. The molecule has 1 aliphatic rings. The van der Waals surface area contributed by atoms with Crippen molar-refractivity contribution in [1.82, 2.24) is 14.4 Å². The number of hydrogen-bond acceptors (Lipinski definition) is 9. The van der Waals surface area contributed by atoms with Crippen LogP contribution in [0.25, 0.3) is 21.6 Å². The lowest BCUT2D eigenvalue weighted by Crippen LogP contribution is -2.29. The fourth-order valence-corrected chi connectivity index (χ4v) is 6.67. The minimum atomic E-state index is -1.01. The fourth-order valence-electron chi connectivity index (χ4n) is 5.65. The van der Waals surface area contributed by atoms with Crippen molar-refractivity contribution in [3.05, 3.63) is 82.8 Å². The van der Waals surface area contributed by atoms with Crippen LogP contribution in [0.2, 0.25) is 0 Å². The van der Waals surface area contributed by atoms with Crippen LogP contribution in [-0.4, -0.2) is 52.0 Å². The summed E-state index contributed by atoms with van der Waals surface area (Å²) in [6.07, 6.45) is 4.87. The zero-order valence-corrected chi connectivity index (χ0v) is 26.6. The molecule has 0 aliphatic carbocycles. The molecule has 1 unspecified atom stereocenters. The number of amides is 1. The number of aliphatic hydroxyl groups is 1. The third-order valence-electron chi connectivity index (χ3n) is 8.05. The molecule has 2 aromatic carbocycles. The second-order valence-corrected chi connectivity index (χ2v) is 11.9. The molecule has 0 bridgehead atoms. The zero-order valence-electron chi connectivity index (χ0n) is 25.8. The number of hydrogen-bond donors (Lipinski definition) is 1. The molecule has 1 N–H and O–H groups in total. The number of anilines is 1. The van der Waals surface area contributed by atoms with Crippen LogP contribution in [0.5, 0.6) is 17.2 Å². The highest BCUT2D eigenvalue weighted by atomic mass is 32.1. The number of aryl methyl sites for hydroxylation is 2. The molecule has 3 aromatic heterocycles. The van der Waals surface area contributed by atoms with Gasteiger partial charge in [0.05, 0.1) is 48.4 Å². The SMILES string of the molecule is CCCCCOc1ccc(C2C(=C(O)c3nc4c(C)cccn4c3C)C(=O)C(=O)N2c2nc3ccc(OC)cc3s2)cc1OC. The smallest absolute Gasteiger partial charge is 0.301 e. The standard InChI is InChI=1S/C34H34N4O6S/c1-6-7-8-16-44-24-14-11-21(17-25(24)43-5)29-27(30(39)28-20(3)37-15-9-10-19(2)32(37)36-28)31(40)33(41)38(29)34-35-23-13-12-22(42-4)18-26(23)45-34/h9-15,17-18,29,39H,6-8,16H2,1-5H3. The number of ether oxygens (including phenoxy) is 3. The lowest BCUT2D eigenvalue weighted by molar-refractivity contribution is -0.132. The van der Waals surface area contributed by atoms with Crippen LogP contribution in [0.4, 0.5) is 5.13 Å². The number of rotatable bonds is 10. The predicted molar refractivity (Wildman–Crippen MR) is 174 cm³/mol. The van der Waals surface area contributed by atoms with Gasteiger partial charge in [0.1, 0.15) is 17.1 Å². The molecule has 1 fully saturated rings. The minimum Gasteiger partial charge on any atom is -0.505 e. The van der Waals surface area contributed by atoms with Crippen molar-refractivity contribution in [2.45, 2.75) is 46.1 Å². The molecular formula is C34H34N4O6S. The Kier molecular flexibility index (Phi) is 8.20. The van der Waals surface area contributed by atoms with Gasteiger partial charge in [-0.25, -0.2) is 9.97 Å². The van der Waals surface area contributed by atoms with Gasteiger partial charge in [0.15, 0.2) is 22.4 Å². The van der Waals surface area contributed by atoms with E-state index in [1.54, 1.807) is 37.4 Å².